The van der Waals surface area contributed by atoms with Crippen LogP contribution < -0.4 is 15.8 Å². The number of halogens is 1. The molecule has 170 valence electrons. The van der Waals surface area contributed by atoms with Crippen molar-refractivity contribution >= 4 is 33.4 Å². The SMILES string of the molecule is COc1ccc(C2CN(Cc3ccccc3)CC2C(=O)Nc2ccc(Br)cc2C(N)=O)cc1. The van der Waals surface area contributed by atoms with Gasteiger partial charge in [-0.25, -0.2) is 0 Å². The van der Waals surface area contributed by atoms with Crippen LogP contribution in [0.5, 0.6) is 5.75 Å². The number of rotatable bonds is 7. The number of hydrogen-bond acceptors (Lipinski definition) is 4. The lowest BCUT2D eigenvalue weighted by Gasteiger charge is -2.19. The Morgan fingerprint density at radius 1 is 1.06 bits per heavy atom. The Labute approximate surface area is 201 Å². The van der Waals surface area contributed by atoms with Crippen molar-refractivity contribution in [2.75, 3.05) is 25.5 Å². The van der Waals surface area contributed by atoms with Gasteiger partial charge in [0.25, 0.3) is 5.91 Å². The minimum Gasteiger partial charge on any atom is -0.497 e. The molecule has 1 fully saturated rings. The van der Waals surface area contributed by atoms with E-state index in [0.29, 0.717) is 12.2 Å². The summed E-state index contributed by atoms with van der Waals surface area (Å²) < 4.78 is 6.02. The molecule has 0 aliphatic carbocycles. The van der Waals surface area contributed by atoms with Crippen LogP contribution in [0, 0.1) is 5.92 Å². The molecule has 0 saturated carbocycles. The standard InChI is InChI=1S/C26H26BrN3O3/c1-33-20-10-7-18(8-11-20)22-15-30(14-17-5-3-2-4-6-17)16-23(22)26(32)29-24-12-9-19(27)13-21(24)25(28)31/h2-13,22-23H,14-16H2,1H3,(H2,28,31)(H,29,32). The summed E-state index contributed by atoms with van der Waals surface area (Å²) in [5.74, 6) is -0.218. The van der Waals surface area contributed by atoms with Gasteiger partial charge in [-0.15, -0.1) is 0 Å². The Morgan fingerprint density at radius 3 is 2.45 bits per heavy atom. The van der Waals surface area contributed by atoms with Crippen LogP contribution >= 0.6 is 15.9 Å². The van der Waals surface area contributed by atoms with E-state index in [1.165, 1.54) is 5.56 Å². The highest BCUT2D eigenvalue weighted by Crippen LogP contribution is 2.35. The van der Waals surface area contributed by atoms with Crippen molar-refractivity contribution in [3.8, 4) is 5.75 Å². The van der Waals surface area contributed by atoms with Gasteiger partial charge in [0.15, 0.2) is 0 Å². The average Bonchev–Trinajstić information content (AvgIpc) is 3.24. The first-order valence-corrected chi connectivity index (χ1v) is 11.5. The Bertz CT molecular complexity index is 1140. The number of nitrogens with zero attached hydrogens (tertiary/aromatic N) is 1. The minimum atomic E-state index is -0.588. The normalized spacial score (nSPS) is 18.1. The van der Waals surface area contributed by atoms with Gasteiger partial charge in [-0.3, -0.25) is 14.5 Å². The number of carbonyl (C=O) groups excluding carboxylic acids is 2. The number of hydrogen-bond donors (Lipinski definition) is 2. The fourth-order valence-corrected chi connectivity index (χ4v) is 4.73. The van der Waals surface area contributed by atoms with Crippen molar-refractivity contribution in [2.24, 2.45) is 11.7 Å². The number of nitrogens with one attached hydrogen (secondary N) is 1. The van der Waals surface area contributed by atoms with Crippen LogP contribution in [0.25, 0.3) is 0 Å². The molecule has 1 heterocycles. The molecule has 0 bridgehead atoms. The number of primary amides is 1. The molecule has 1 aliphatic heterocycles. The van der Waals surface area contributed by atoms with Gasteiger partial charge in [0.1, 0.15) is 5.75 Å². The molecule has 0 aromatic heterocycles. The molecular weight excluding hydrogens is 482 g/mol. The number of likely N-dealkylation sites (tertiary alicyclic amines) is 1. The van der Waals surface area contributed by atoms with Crippen LogP contribution in [0.15, 0.2) is 77.3 Å². The van der Waals surface area contributed by atoms with Crippen molar-refractivity contribution in [1.29, 1.82) is 0 Å². The number of amides is 2. The smallest absolute Gasteiger partial charge is 0.250 e. The highest BCUT2D eigenvalue weighted by atomic mass is 79.9. The maximum atomic E-state index is 13.5. The maximum absolute atomic E-state index is 13.5. The Kier molecular flexibility index (Phi) is 7.11. The zero-order valence-corrected chi connectivity index (χ0v) is 19.9. The van der Waals surface area contributed by atoms with Crippen LogP contribution in [0.2, 0.25) is 0 Å². The number of benzene rings is 3. The maximum Gasteiger partial charge on any atom is 0.250 e. The van der Waals surface area contributed by atoms with Crippen LogP contribution in [0.1, 0.15) is 27.4 Å². The molecule has 6 nitrogen and oxygen atoms in total. The molecule has 7 heteroatoms. The lowest BCUT2D eigenvalue weighted by atomic mass is 9.88. The number of methoxy groups -OCH3 is 1. The van der Waals surface area contributed by atoms with E-state index in [2.05, 4.69) is 38.3 Å². The Balaban J connectivity index is 1.59. The first-order valence-electron chi connectivity index (χ1n) is 10.7. The van der Waals surface area contributed by atoms with E-state index in [0.717, 1.165) is 28.9 Å². The zero-order valence-electron chi connectivity index (χ0n) is 18.3. The van der Waals surface area contributed by atoms with E-state index in [4.69, 9.17) is 10.5 Å². The van der Waals surface area contributed by atoms with Crippen molar-refractivity contribution in [3.63, 3.8) is 0 Å². The van der Waals surface area contributed by atoms with Gasteiger partial charge in [0, 0.05) is 30.0 Å². The van der Waals surface area contributed by atoms with Crippen molar-refractivity contribution in [3.05, 3.63) is 94.0 Å². The van der Waals surface area contributed by atoms with Crippen LogP contribution in [-0.2, 0) is 11.3 Å². The summed E-state index contributed by atoms with van der Waals surface area (Å²) in [6, 6.07) is 23.2. The van der Waals surface area contributed by atoms with E-state index in [1.54, 1.807) is 25.3 Å². The molecule has 1 saturated heterocycles. The topological polar surface area (TPSA) is 84.7 Å². The molecule has 0 radical (unpaired) electrons. The molecular formula is C26H26BrN3O3. The summed E-state index contributed by atoms with van der Waals surface area (Å²) in [6.07, 6.45) is 0. The lowest BCUT2D eigenvalue weighted by molar-refractivity contribution is -0.119. The highest BCUT2D eigenvalue weighted by molar-refractivity contribution is 9.10. The Morgan fingerprint density at radius 2 is 1.79 bits per heavy atom. The monoisotopic (exact) mass is 507 g/mol. The van der Waals surface area contributed by atoms with Gasteiger partial charge in [-0.1, -0.05) is 58.4 Å². The van der Waals surface area contributed by atoms with Crippen LogP contribution in [0.4, 0.5) is 5.69 Å². The van der Waals surface area contributed by atoms with E-state index in [-0.39, 0.29) is 23.3 Å². The van der Waals surface area contributed by atoms with Crippen LogP contribution in [-0.4, -0.2) is 36.9 Å². The van der Waals surface area contributed by atoms with Gasteiger partial charge in [-0.05, 0) is 41.5 Å². The molecule has 3 N–H and O–H groups in total. The minimum absolute atomic E-state index is 0.00657. The predicted octanol–water partition coefficient (Wildman–Crippen LogP) is 4.41. The molecule has 3 aromatic carbocycles. The van der Waals surface area contributed by atoms with E-state index >= 15 is 0 Å². The van der Waals surface area contributed by atoms with E-state index in [1.807, 2.05) is 42.5 Å². The zero-order chi connectivity index (χ0) is 23.4. The second-order valence-electron chi connectivity index (χ2n) is 8.21. The van der Waals surface area contributed by atoms with Gasteiger partial charge < -0.3 is 15.8 Å². The number of nitrogens with two attached hydrogens (primary N) is 1. The molecule has 0 spiro atoms. The molecule has 3 aromatic rings. The van der Waals surface area contributed by atoms with Crippen molar-refractivity contribution in [1.82, 2.24) is 4.90 Å². The van der Waals surface area contributed by atoms with E-state index in [9.17, 15) is 9.59 Å². The molecule has 4 rings (SSSR count). The van der Waals surface area contributed by atoms with Gasteiger partial charge in [-0.2, -0.15) is 0 Å². The van der Waals surface area contributed by atoms with Crippen LogP contribution in [0.3, 0.4) is 0 Å². The third kappa shape index (κ3) is 5.43. The number of ether oxygens (including phenoxy) is 1. The predicted molar refractivity (Wildman–Crippen MR) is 132 cm³/mol. The molecule has 1 aliphatic rings. The summed E-state index contributed by atoms with van der Waals surface area (Å²) in [5, 5.41) is 2.96. The second kappa shape index (κ2) is 10.2. The fourth-order valence-electron chi connectivity index (χ4n) is 4.37. The largest absolute Gasteiger partial charge is 0.497 e. The third-order valence-corrected chi connectivity index (χ3v) is 6.52. The summed E-state index contributed by atoms with van der Waals surface area (Å²) >= 11 is 3.35. The molecule has 33 heavy (non-hydrogen) atoms. The quantitative estimate of drug-likeness (QED) is 0.495. The summed E-state index contributed by atoms with van der Waals surface area (Å²) in [6.45, 7) is 2.13. The highest BCUT2D eigenvalue weighted by Gasteiger charge is 2.38. The Hall–Kier alpha value is -3.16. The number of carbonyl (C=O) groups is 2. The average molecular weight is 508 g/mol. The lowest BCUT2D eigenvalue weighted by Crippen LogP contribution is -2.29. The second-order valence-corrected chi connectivity index (χ2v) is 9.12. The van der Waals surface area contributed by atoms with Crippen molar-refractivity contribution < 1.29 is 14.3 Å². The van der Waals surface area contributed by atoms with Gasteiger partial charge >= 0.3 is 0 Å². The third-order valence-electron chi connectivity index (χ3n) is 6.03. The van der Waals surface area contributed by atoms with E-state index < -0.39 is 5.91 Å². The first-order chi connectivity index (χ1) is 15.9. The fraction of sp³-hybridized carbons (Fsp3) is 0.231. The van der Waals surface area contributed by atoms with Gasteiger partial charge in [0.2, 0.25) is 5.91 Å². The first kappa shape index (κ1) is 23.0. The summed E-state index contributed by atoms with van der Waals surface area (Å²) in [7, 11) is 1.64. The molecule has 2 amide bonds. The molecule has 2 atom stereocenters. The summed E-state index contributed by atoms with van der Waals surface area (Å²) in [4.78, 5) is 27.7. The van der Waals surface area contributed by atoms with Gasteiger partial charge in [0.05, 0.1) is 24.3 Å². The number of anilines is 1. The molecule has 2 unspecified atom stereocenters. The summed E-state index contributed by atoms with van der Waals surface area (Å²) in [5.41, 5.74) is 8.52. The van der Waals surface area contributed by atoms with Crippen molar-refractivity contribution in [2.45, 2.75) is 12.5 Å².